The van der Waals surface area contributed by atoms with Gasteiger partial charge in [0, 0.05) is 11.1 Å². The molecule has 0 amide bonds. The minimum atomic E-state index is -0.787. The van der Waals surface area contributed by atoms with Gasteiger partial charge >= 0.3 is 0 Å². The highest BCUT2D eigenvalue weighted by Gasteiger charge is 2.59. The van der Waals surface area contributed by atoms with E-state index in [1.54, 1.807) is 0 Å². The topological polar surface area (TPSA) is 21.6 Å². The van der Waals surface area contributed by atoms with Crippen LogP contribution >= 0.6 is 0 Å². The monoisotopic (exact) mass is 439 g/mol. The lowest BCUT2D eigenvalue weighted by molar-refractivity contribution is 0.0868. The lowest BCUT2D eigenvalue weighted by atomic mass is 9.66. The molecule has 2 unspecified atom stereocenters. The number of allylic oxidation sites excluding steroid dienone is 2. The average molecular weight is 440 g/mol. The smallest absolute Gasteiger partial charge is 0.218 e. The van der Waals surface area contributed by atoms with E-state index in [1.165, 1.54) is 0 Å². The Morgan fingerprint density at radius 2 is 1.09 bits per heavy atom. The Balaban J connectivity index is 1.65. The van der Waals surface area contributed by atoms with Crippen molar-refractivity contribution < 1.29 is 4.74 Å². The van der Waals surface area contributed by atoms with E-state index in [4.69, 9.17) is 9.73 Å². The lowest BCUT2D eigenvalue weighted by Crippen LogP contribution is -2.47. The summed E-state index contributed by atoms with van der Waals surface area (Å²) in [6.07, 6.45) is 4.55. The molecule has 0 N–H and O–H groups in total. The SMILES string of the molecule is CC12N=C(c3ccccc3)OC1(c1ccccc1)C=C(c1ccccc1)C=C2c1ccccc1. The van der Waals surface area contributed by atoms with E-state index in [1.807, 2.05) is 24.3 Å². The van der Waals surface area contributed by atoms with Crippen molar-refractivity contribution in [2.24, 2.45) is 4.99 Å². The van der Waals surface area contributed by atoms with Crippen molar-refractivity contribution >= 4 is 17.0 Å². The highest BCUT2D eigenvalue weighted by atomic mass is 16.5. The molecule has 2 aliphatic rings. The molecule has 164 valence electrons. The third kappa shape index (κ3) is 3.14. The summed E-state index contributed by atoms with van der Waals surface area (Å²) in [6.45, 7) is 2.20. The average Bonchev–Trinajstić information content (AvgIpc) is 3.24. The van der Waals surface area contributed by atoms with Crippen LogP contribution in [0.5, 0.6) is 0 Å². The standard InChI is InChI=1S/C32H25NO/c1-31-29(25-16-8-3-9-17-25)22-27(24-14-6-2-7-15-24)23-32(31,28-20-12-5-13-21-28)34-30(33-31)26-18-10-4-11-19-26/h2-23H,1H3. The summed E-state index contributed by atoms with van der Waals surface area (Å²) in [4.78, 5) is 5.33. The predicted molar refractivity (Wildman–Crippen MR) is 139 cm³/mol. The highest BCUT2D eigenvalue weighted by Crippen LogP contribution is 2.56. The fraction of sp³-hybridized carbons (Fsp3) is 0.0938. The summed E-state index contributed by atoms with van der Waals surface area (Å²) in [5.41, 5.74) is 5.20. The zero-order valence-corrected chi connectivity index (χ0v) is 19.1. The van der Waals surface area contributed by atoms with E-state index in [0.717, 1.165) is 33.4 Å². The van der Waals surface area contributed by atoms with E-state index < -0.39 is 11.1 Å². The predicted octanol–water partition coefficient (Wildman–Crippen LogP) is 7.30. The fourth-order valence-corrected chi connectivity index (χ4v) is 5.14. The molecule has 34 heavy (non-hydrogen) atoms. The quantitative estimate of drug-likeness (QED) is 0.327. The van der Waals surface area contributed by atoms with E-state index in [-0.39, 0.29) is 0 Å². The van der Waals surface area contributed by atoms with Gasteiger partial charge < -0.3 is 4.74 Å². The molecule has 1 aliphatic carbocycles. The molecule has 2 heteroatoms. The van der Waals surface area contributed by atoms with Gasteiger partial charge in [-0.15, -0.1) is 0 Å². The van der Waals surface area contributed by atoms with Crippen molar-refractivity contribution in [3.8, 4) is 0 Å². The minimum absolute atomic E-state index is 0.654. The molecule has 0 saturated heterocycles. The molecule has 0 radical (unpaired) electrons. The van der Waals surface area contributed by atoms with Crippen molar-refractivity contribution in [1.82, 2.24) is 0 Å². The Labute approximate surface area is 200 Å². The second kappa shape index (κ2) is 8.00. The van der Waals surface area contributed by atoms with Gasteiger partial charge in [-0.2, -0.15) is 0 Å². The van der Waals surface area contributed by atoms with Crippen LogP contribution in [0.1, 0.15) is 29.2 Å². The molecule has 0 spiro atoms. The van der Waals surface area contributed by atoms with Gasteiger partial charge in [0.15, 0.2) is 5.60 Å². The van der Waals surface area contributed by atoms with E-state index >= 15 is 0 Å². The largest absolute Gasteiger partial charge is 0.459 e. The van der Waals surface area contributed by atoms with Crippen LogP contribution in [0.4, 0.5) is 0 Å². The van der Waals surface area contributed by atoms with E-state index in [2.05, 4.69) is 116 Å². The van der Waals surface area contributed by atoms with Crippen LogP contribution in [0.2, 0.25) is 0 Å². The highest BCUT2D eigenvalue weighted by molar-refractivity contribution is 6.01. The molecule has 0 aromatic heterocycles. The Hall–Kier alpha value is -4.17. The normalized spacial score (nSPS) is 23.3. The number of rotatable bonds is 4. The van der Waals surface area contributed by atoms with Crippen molar-refractivity contribution in [2.45, 2.75) is 18.1 Å². The molecule has 2 nitrogen and oxygen atoms in total. The first kappa shape index (κ1) is 20.4. The molecule has 0 saturated carbocycles. The molecule has 2 atom stereocenters. The van der Waals surface area contributed by atoms with Crippen LogP contribution in [0.3, 0.4) is 0 Å². The van der Waals surface area contributed by atoms with Gasteiger partial charge in [0.1, 0.15) is 5.54 Å². The van der Waals surface area contributed by atoms with E-state index in [0.29, 0.717) is 5.90 Å². The second-order valence-electron chi connectivity index (χ2n) is 8.95. The third-order valence-corrected chi connectivity index (χ3v) is 6.90. The van der Waals surface area contributed by atoms with Crippen LogP contribution < -0.4 is 0 Å². The first-order valence-electron chi connectivity index (χ1n) is 11.7. The molecule has 6 rings (SSSR count). The van der Waals surface area contributed by atoms with Crippen LogP contribution in [-0.2, 0) is 10.3 Å². The number of nitrogens with zero attached hydrogens (tertiary/aromatic N) is 1. The Kier molecular flexibility index (Phi) is 4.81. The Morgan fingerprint density at radius 1 is 0.588 bits per heavy atom. The maximum atomic E-state index is 6.96. The van der Waals surface area contributed by atoms with Crippen LogP contribution in [0, 0.1) is 0 Å². The zero-order valence-electron chi connectivity index (χ0n) is 19.1. The van der Waals surface area contributed by atoms with Gasteiger partial charge in [-0.3, -0.25) is 0 Å². The Morgan fingerprint density at radius 3 is 1.68 bits per heavy atom. The number of aliphatic imine (C=N–C) groups is 1. The van der Waals surface area contributed by atoms with Gasteiger partial charge in [-0.05, 0) is 53.5 Å². The van der Waals surface area contributed by atoms with Crippen molar-refractivity contribution in [2.75, 3.05) is 0 Å². The molecule has 1 aliphatic heterocycles. The lowest BCUT2D eigenvalue weighted by Gasteiger charge is -2.43. The van der Waals surface area contributed by atoms with Crippen LogP contribution in [0.15, 0.2) is 138 Å². The zero-order chi connectivity index (χ0) is 23.0. The van der Waals surface area contributed by atoms with Gasteiger partial charge in [-0.1, -0.05) is 109 Å². The third-order valence-electron chi connectivity index (χ3n) is 6.90. The van der Waals surface area contributed by atoms with Crippen molar-refractivity contribution in [3.63, 3.8) is 0 Å². The Bertz CT molecular complexity index is 1410. The molecular weight excluding hydrogens is 414 g/mol. The van der Waals surface area contributed by atoms with Gasteiger partial charge in [-0.25, -0.2) is 4.99 Å². The summed E-state index contributed by atoms with van der Waals surface area (Å²) in [6, 6.07) is 41.8. The number of hydrogen-bond donors (Lipinski definition) is 0. The minimum Gasteiger partial charge on any atom is -0.459 e. The number of ether oxygens (including phenoxy) is 1. The maximum Gasteiger partial charge on any atom is 0.218 e. The van der Waals surface area contributed by atoms with Crippen molar-refractivity contribution in [1.29, 1.82) is 0 Å². The first-order chi connectivity index (χ1) is 16.7. The van der Waals surface area contributed by atoms with Crippen molar-refractivity contribution in [3.05, 3.63) is 156 Å². The van der Waals surface area contributed by atoms with Gasteiger partial charge in [0.25, 0.3) is 0 Å². The molecule has 0 bridgehead atoms. The maximum absolute atomic E-state index is 6.96. The number of hydrogen-bond acceptors (Lipinski definition) is 2. The molecule has 4 aromatic carbocycles. The summed E-state index contributed by atoms with van der Waals surface area (Å²) in [7, 11) is 0. The van der Waals surface area contributed by atoms with Gasteiger partial charge in [0.2, 0.25) is 5.90 Å². The van der Waals surface area contributed by atoms with Gasteiger partial charge in [0.05, 0.1) is 0 Å². The van der Waals surface area contributed by atoms with Crippen LogP contribution in [0.25, 0.3) is 11.1 Å². The molecule has 4 aromatic rings. The second-order valence-corrected chi connectivity index (χ2v) is 8.95. The molecule has 1 heterocycles. The number of fused-ring (bicyclic) bond motifs is 1. The summed E-state index contributed by atoms with van der Waals surface area (Å²) >= 11 is 0. The summed E-state index contributed by atoms with van der Waals surface area (Å²) < 4.78 is 6.96. The fourth-order valence-electron chi connectivity index (χ4n) is 5.14. The number of benzene rings is 4. The first-order valence-corrected chi connectivity index (χ1v) is 11.7. The molecular formula is C32H25NO. The summed E-state index contributed by atoms with van der Waals surface area (Å²) in [5, 5.41) is 0. The van der Waals surface area contributed by atoms with E-state index in [9.17, 15) is 0 Å². The summed E-state index contributed by atoms with van der Waals surface area (Å²) in [5.74, 6) is 0.666. The van der Waals surface area contributed by atoms with Crippen LogP contribution in [-0.4, -0.2) is 11.4 Å². The molecule has 0 fully saturated rings.